The van der Waals surface area contributed by atoms with Crippen molar-refractivity contribution >= 4 is 12.1 Å². The van der Waals surface area contributed by atoms with Gasteiger partial charge in [-0.05, 0) is 37.1 Å². The Morgan fingerprint density at radius 1 is 1.10 bits per heavy atom. The number of amides is 1. The topological polar surface area (TPSA) is 64.6 Å². The lowest BCUT2D eigenvalue weighted by Gasteiger charge is -2.07. The van der Waals surface area contributed by atoms with Gasteiger partial charge in [0.2, 0.25) is 0 Å². The van der Waals surface area contributed by atoms with E-state index in [9.17, 15) is 9.59 Å². The summed E-state index contributed by atoms with van der Waals surface area (Å²) in [5, 5.41) is 2.60. The van der Waals surface area contributed by atoms with Gasteiger partial charge in [0.1, 0.15) is 5.75 Å². The molecule has 0 atom stereocenters. The average Bonchev–Trinajstić information content (AvgIpc) is 2.46. The molecule has 0 aliphatic heterocycles. The van der Waals surface area contributed by atoms with Crippen molar-refractivity contribution in [1.82, 2.24) is 5.32 Å². The van der Waals surface area contributed by atoms with Gasteiger partial charge in [-0.1, -0.05) is 20.3 Å². The molecule has 0 spiro atoms. The summed E-state index contributed by atoms with van der Waals surface area (Å²) < 4.78 is 10.1. The highest BCUT2D eigenvalue weighted by Gasteiger charge is 2.08. The first-order valence-electron chi connectivity index (χ1n) is 6.90. The van der Waals surface area contributed by atoms with Crippen LogP contribution in [0, 0.1) is 0 Å². The fourth-order valence-corrected chi connectivity index (χ4v) is 1.42. The monoisotopic (exact) mass is 279 g/mol. The molecule has 0 radical (unpaired) electrons. The molecule has 0 saturated carbocycles. The summed E-state index contributed by atoms with van der Waals surface area (Å²) in [6.45, 7) is 4.98. The van der Waals surface area contributed by atoms with Gasteiger partial charge >= 0.3 is 12.1 Å². The van der Waals surface area contributed by atoms with Crippen molar-refractivity contribution in [2.24, 2.45) is 0 Å². The normalized spacial score (nSPS) is 9.90. The summed E-state index contributed by atoms with van der Waals surface area (Å²) in [7, 11) is 0. The summed E-state index contributed by atoms with van der Waals surface area (Å²) in [6.07, 6.45) is 2.18. The minimum Gasteiger partial charge on any atom is -0.462 e. The maximum absolute atomic E-state index is 11.7. The Bertz CT molecular complexity index is 428. The van der Waals surface area contributed by atoms with E-state index in [1.54, 1.807) is 24.3 Å². The molecule has 5 nitrogen and oxygen atoms in total. The Balaban J connectivity index is 2.47. The van der Waals surface area contributed by atoms with E-state index >= 15 is 0 Å². The summed E-state index contributed by atoms with van der Waals surface area (Å²) in [5.74, 6) is 0.0316. The molecule has 20 heavy (non-hydrogen) atoms. The Morgan fingerprint density at radius 3 is 2.40 bits per heavy atom. The number of esters is 1. The van der Waals surface area contributed by atoms with E-state index in [4.69, 9.17) is 9.47 Å². The highest BCUT2D eigenvalue weighted by molar-refractivity contribution is 5.89. The van der Waals surface area contributed by atoms with Crippen LogP contribution in [0.4, 0.5) is 4.79 Å². The lowest BCUT2D eigenvalue weighted by molar-refractivity contribution is 0.0499. The average molecular weight is 279 g/mol. The van der Waals surface area contributed by atoms with E-state index in [1.165, 1.54) is 0 Å². The van der Waals surface area contributed by atoms with E-state index in [1.807, 2.05) is 13.8 Å². The zero-order valence-electron chi connectivity index (χ0n) is 12.0. The van der Waals surface area contributed by atoms with Gasteiger partial charge in [0, 0.05) is 6.54 Å². The van der Waals surface area contributed by atoms with Crippen LogP contribution in [0.1, 0.15) is 43.5 Å². The molecule has 0 aliphatic rings. The van der Waals surface area contributed by atoms with Crippen molar-refractivity contribution in [2.45, 2.75) is 33.1 Å². The first kappa shape index (κ1) is 16.0. The van der Waals surface area contributed by atoms with Gasteiger partial charge in [-0.2, -0.15) is 0 Å². The molecular weight excluding hydrogens is 258 g/mol. The second-order valence-corrected chi connectivity index (χ2v) is 4.33. The Hall–Kier alpha value is -2.04. The first-order valence-corrected chi connectivity index (χ1v) is 6.90. The first-order chi connectivity index (χ1) is 9.67. The van der Waals surface area contributed by atoms with Crippen LogP contribution in [0.15, 0.2) is 24.3 Å². The molecule has 0 bridgehead atoms. The largest absolute Gasteiger partial charge is 0.462 e. The number of nitrogens with one attached hydrogen (secondary N) is 1. The lowest BCUT2D eigenvalue weighted by Crippen LogP contribution is -2.27. The predicted octanol–water partition coefficient (Wildman–Crippen LogP) is 3.14. The highest BCUT2D eigenvalue weighted by atomic mass is 16.6. The maximum Gasteiger partial charge on any atom is 0.412 e. The van der Waals surface area contributed by atoms with Crippen molar-refractivity contribution in [3.8, 4) is 5.75 Å². The number of carbonyl (C=O) groups is 2. The Labute approximate surface area is 119 Å². The van der Waals surface area contributed by atoms with Gasteiger partial charge in [0.25, 0.3) is 0 Å². The number of benzene rings is 1. The summed E-state index contributed by atoms with van der Waals surface area (Å²) in [5.41, 5.74) is 0.447. The molecule has 1 aromatic carbocycles. The van der Waals surface area contributed by atoms with Crippen LogP contribution in [-0.2, 0) is 4.74 Å². The third-order valence-electron chi connectivity index (χ3n) is 2.55. The zero-order valence-corrected chi connectivity index (χ0v) is 12.0. The number of hydrogen-bond acceptors (Lipinski definition) is 4. The minimum atomic E-state index is -0.495. The molecule has 1 amide bonds. The summed E-state index contributed by atoms with van der Waals surface area (Å²) in [4.78, 5) is 23.0. The molecular formula is C15H21NO4. The second kappa shape index (κ2) is 8.96. The van der Waals surface area contributed by atoms with Crippen molar-refractivity contribution in [3.05, 3.63) is 29.8 Å². The number of hydrogen-bond donors (Lipinski definition) is 1. The van der Waals surface area contributed by atoms with Crippen LogP contribution in [0.25, 0.3) is 0 Å². The summed E-state index contributed by atoms with van der Waals surface area (Å²) in [6, 6.07) is 6.30. The molecule has 1 N–H and O–H groups in total. The van der Waals surface area contributed by atoms with E-state index in [0.29, 0.717) is 24.5 Å². The predicted molar refractivity (Wildman–Crippen MR) is 76.0 cm³/mol. The molecule has 0 unspecified atom stereocenters. The van der Waals surface area contributed by atoms with Crippen LogP contribution < -0.4 is 10.1 Å². The molecule has 1 rings (SSSR count). The Kier molecular flexibility index (Phi) is 7.17. The van der Waals surface area contributed by atoms with Crippen LogP contribution in [0.3, 0.4) is 0 Å². The van der Waals surface area contributed by atoms with Crippen LogP contribution >= 0.6 is 0 Å². The number of carbonyl (C=O) groups excluding carboxylic acids is 2. The van der Waals surface area contributed by atoms with Crippen molar-refractivity contribution < 1.29 is 19.1 Å². The fraction of sp³-hybridized carbons (Fsp3) is 0.467. The van der Waals surface area contributed by atoms with Gasteiger partial charge in [0.15, 0.2) is 0 Å². The second-order valence-electron chi connectivity index (χ2n) is 4.33. The molecule has 110 valence electrons. The molecule has 0 fully saturated rings. The zero-order chi connectivity index (χ0) is 14.8. The quantitative estimate of drug-likeness (QED) is 0.615. The number of rotatable bonds is 7. The van der Waals surface area contributed by atoms with Crippen LogP contribution in [0.5, 0.6) is 5.75 Å². The number of unbranched alkanes of at least 4 members (excludes halogenated alkanes) is 1. The van der Waals surface area contributed by atoms with Crippen LogP contribution in [-0.4, -0.2) is 25.2 Å². The summed E-state index contributed by atoms with van der Waals surface area (Å²) >= 11 is 0. The van der Waals surface area contributed by atoms with Gasteiger partial charge < -0.3 is 14.8 Å². The standard InChI is InChI=1S/C15H21NO4/c1-3-5-11-19-14(17)12-6-8-13(9-7-12)20-15(18)16-10-4-2/h6-9H,3-5,10-11H2,1-2H3,(H,16,18). The molecule has 0 aromatic heterocycles. The van der Waals surface area contributed by atoms with Gasteiger partial charge in [-0.15, -0.1) is 0 Å². The molecule has 0 heterocycles. The van der Waals surface area contributed by atoms with Crippen molar-refractivity contribution in [2.75, 3.05) is 13.2 Å². The molecule has 0 aliphatic carbocycles. The van der Waals surface area contributed by atoms with Crippen molar-refractivity contribution in [3.63, 3.8) is 0 Å². The van der Waals surface area contributed by atoms with Crippen LogP contribution in [0.2, 0.25) is 0 Å². The van der Waals surface area contributed by atoms with Gasteiger partial charge in [-0.3, -0.25) is 0 Å². The SMILES string of the molecule is CCCCOC(=O)c1ccc(OC(=O)NCCC)cc1. The third kappa shape index (κ3) is 5.73. The lowest BCUT2D eigenvalue weighted by atomic mass is 10.2. The smallest absolute Gasteiger partial charge is 0.412 e. The van der Waals surface area contributed by atoms with E-state index in [0.717, 1.165) is 19.3 Å². The molecule has 0 saturated heterocycles. The van der Waals surface area contributed by atoms with E-state index < -0.39 is 6.09 Å². The number of ether oxygens (including phenoxy) is 2. The van der Waals surface area contributed by atoms with E-state index in [2.05, 4.69) is 5.32 Å². The van der Waals surface area contributed by atoms with Gasteiger partial charge in [0.05, 0.1) is 12.2 Å². The fourth-order valence-electron chi connectivity index (χ4n) is 1.42. The molecule has 1 aromatic rings. The Morgan fingerprint density at radius 2 is 1.80 bits per heavy atom. The van der Waals surface area contributed by atoms with E-state index in [-0.39, 0.29) is 5.97 Å². The maximum atomic E-state index is 11.7. The van der Waals surface area contributed by atoms with Crippen molar-refractivity contribution in [1.29, 1.82) is 0 Å². The minimum absolute atomic E-state index is 0.361. The van der Waals surface area contributed by atoms with Gasteiger partial charge in [-0.25, -0.2) is 9.59 Å². The molecule has 5 heteroatoms. The highest BCUT2D eigenvalue weighted by Crippen LogP contribution is 2.13. The third-order valence-corrected chi connectivity index (χ3v) is 2.55.